The van der Waals surface area contributed by atoms with Crippen molar-refractivity contribution in [3.63, 3.8) is 0 Å². The third kappa shape index (κ3) is 4.62. The number of rotatable bonds is 9. The van der Waals surface area contributed by atoms with Gasteiger partial charge in [0, 0.05) is 11.6 Å². The molecule has 7 heteroatoms. The summed E-state index contributed by atoms with van der Waals surface area (Å²) in [4.78, 5) is 28.7. The molecule has 4 rings (SSSR count). The van der Waals surface area contributed by atoms with Crippen LogP contribution in [-0.4, -0.2) is 44.4 Å². The summed E-state index contributed by atoms with van der Waals surface area (Å²) in [5.74, 6) is 1.31. The first-order chi connectivity index (χ1) is 14.7. The highest BCUT2D eigenvalue weighted by atomic mass is 16.5. The summed E-state index contributed by atoms with van der Waals surface area (Å²) in [5, 5.41) is 2.81. The Morgan fingerprint density at radius 3 is 2.70 bits per heavy atom. The van der Waals surface area contributed by atoms with E-state index in [1.54, 1.807) is 18.2 Å². The van der Waals surface area contributed by atoms with Gasteiger partial charge in [0.15, 0.2) is 11.5 Å². The second-order valence-corrected chi connectivity index (χ2v) is 7.35. The largest absolute Gasteiger partial charge is 0.500 e. The predicted octanol–water partition coefficient (Wildman–Crippen LogP) is 2.59. The molecule has 156 valence electrons. The van der Waals surface area contributed by atoms with Gasteiger partial charge in [-0.2, -0.15) is 0 Å². The number of allylic oxidation sites excluding steroid dienone is 4. The third-order valence-electron chi connectivity index (χ3n) is 5.10. The molecule has 1 heterocycles. The Balaban J connectivity index is 1.32. The molecule has 1 unspecified atom stereocenters. The number of aliphatic imine (C=N–C) groups is 1. The summed E-state index contributed by atoms with van der Waals surface area (Å²) in [6, 6.07) is 7.51. The summed E-state index contributed by atoms with van der Waals surface area (Å²) in [6.07, 6.45) is 8.93. The lowest BCUT2D eigenvalue weighted by molar-refractivity contribution is -0.119. The molecule has 30 heavy (non-hydrogen) atoms. The zero-order valence-corrected chi connectivity index (χ0v) is 16.8. The predicted molar refractivity (Wildman–Crippen MR) is 111 cm³/mol. The van der Waals surface area contributed by atoms with Gasteiger partial charge in [-0.3, -0.25) is 9.59 Å². The number of dihydropyridines is 1. The van der Waals surface area contributed by atoms with Gasteiger partial charge in [-0.15, -0.1) is 0 Å². The minimum Gasteiger partial charge on any atom is -0.500 e. The zero-order chi connectivity index (χ0) is 20.9. The summed E-state index contributed by atoms with van der Waals surface area (Å²) >= 11 is 0. The number of carbonyl (C=O) groups excluding carboxylic acids is 2. The quantitative estimate of drug-likeness (QED) is 0.635. The van der Waals surface area contributed by atoms with Gasteiger partial charge >= 0.3 is 0 Å². The van der Waals surface area contributed by atoms with E-state index in [0.717, 1.165) is 0 Å². The van der Waals surface area contributed by atoms with E-state index >= 15 is 0 Å². The first kappa shape index (κ1) is 19.9. The van der Waals surface area contributed by atoms with Crippen LogP contribution in [0.5, 0.6) is 11.5 Å². The van der Waals surface area contributed by atoms with Crippen molar-refractivity contribution < 1.29 is 23.8 Å². The van der Waals surface area contributed by atoms with Crippen molar-refractivity contribution in [2.75, 3.05) is 26.9 Å². The van der Waals surface area contributed by atoms with Crippen LogP contribution in [0.25, 0.3) is 0 Å². The van der Waals surface area contributed by atoms with E-state index in [-0.39, 0.29) is 19.1 Å². The normalized spacial score (nSPS) is 19.8. The molecule has 1 saturated carbocycles. The van der Waals surface area contributed by atoms with E-state index in [4.69, 9.17) is 14.2 Å². The number of hydrogen-bond acceptors (Lipinski definition) is 5. The number of benzene rings is 1. The van der Waals surface area contributed by atoms with Crippen LogP contribution >= 0.6 is 0 Å². The molecular formula is C23H24N2O5. The maximum absolute atomic E-state index is 12.7. The lowest BCUT2D eigenvalue weighted by atomic mass is 9.86. The average Bonchev–Trinajstić information content (AvgIpc) is 3.59. The number of ether oxygens (including phenoxy) is 3. The van der Waals surface area contributed by atoms with Crippen molar-refractivity contribution in [2.45, 2.75) is 12.8 Å². The molecule has 0 spiro atoms. The molecule has 0 bridgehead atoms. The Bertz CT molecular complexity index is 956. The summed E-state index contributed by atoms with van der Waals surface area (Å²) in [6.45, 7) is 1.26. The molecule has 1 aromatic carbocycles. The van der Waals surface area contributed by atoms with Crippen molar-refractivity contribution in [3.05, 3.63) is 59.9 Å². The van der Waals surface area contributed by atoms with Crippen LogP contribution in [0.4, 0.5) is 0 Å². The Morgan fingerprint density at radius 2 is 1.97 bits per heavy atom. The van der Waals surface area contributed by atoms with Gasteiger partial charge in [0.2, 0.25) is 5.91 Å². The number of hydrogen-bond donors (Lipinski definition) is 1. The Hall–Kier alpha value is -3.35. The van der Waals surface area contributed by atoms with Gasteiger partial charge in [-0.25, -0.2) is 4.99 Å². The fourth-order valence-electron chi connectivity index (χ4n) is 3.36. The Morgan fingerprint density at radius 1 is 1.20 bits per heavy atom. The molecule has 1 aromatic rings. The van der Waals surface area contributed by atoms with Crippen molar-refractivity contribution in [3.8, 4) is 11.5 Å². The topological polar surface area (TPSA) is 86.2 Å². The summed E-state index contributed by atoms with van der Waals surface area (Å²) in [5.41, 5.74) is 0.820. The number of methoxy groups -OCH3 is 1. The molecule has 1 aliphatic heterocycles. The molecular weight excluding hydrogens is 384 g/mol. The van der Waals surface area contributed by atoms with Gasteiger partial charge in [0.25, 0.3) is 5.91 Å². The fourth-order valence-corrected chi connectivity index (χ4v) is 3.36. The molecule has 1 N–H and O–H groups in total. The van der Waals surface area contributed by atoms with Gasteiger partial charge in [0.1, 0.15) is 12.4 Å². The summed E-state index contributed by atoms with van der Waals surface area (Å²) < 4.78 is 17.0. The summed E-state index contributed by atoms with van der Waals surface area (Å²) in [7, 11) is 1.53. The van der Waals surface area contributed by atoms with Crippen molar-refractivity contribution in [1.29, 1.82) is 0 Å². The fraction of sp³-hybridized carbons (Fsp3) is 0.348. The molecule has 1 atom stereocenters. The van der Waals surface area contributed by atoms with Crippen LogP contribution in [0.1, 0.15) is 12.8 Å². The second kappa shape index (κ2) is 8.98. The molecule has 0 saturated heterocycles. The number of amides is 2. The number of para-hydroxylation sites is 2. The highest BCUT2D eigenvalue weighted by molar-refractivity contribution is 6.18. The number of fused-ring (bicyclic) bond motifs is 1. The van der Waals surface area contributed by atoms with Gasteiger partial charge < -0.3 is 19.5 Å². The number of nitrogens with one attached hydrogen (secondary N) is 1. The van der Waals surface area contributed by atoms with Crippen molar-refractivity contribution in [2.24, 2.45) is 16.8 Å². The Labute approximate surface area is 175 Å². The lowest BCUT2D eigenvalue weighted by Gasteiger charge is -2.26. The van der Waals surface area contributed by atoms with E-state index in [0.29, 0.717) is 41.1 Å². The van der Waals surface area contributed by atoms with Gasteiger partial charge in [-0.1, -0.05) is 18.2 Å². The van der Waals surface area contributed by atoms with E-state index in [2.05, 4.69) is 10.3 Å². The van der Waals surface area contributed by atoms with Gasteiger partial charge in [0.05, 0.1) is 31.9 Å². The molecule has 2 aliphatic carbocycles. The molecule has 7 nitrogen and oxygen atoms in total. The highest BCUT2D eigenvalue weighted by Gasteiger charge is 2.34. The third-order valence-corrected chi connectivity index (χ3v) is 5.10. The first-order valence-electron chi connectivity index (χ1n) is 10.0. The van der Waals surface area contributed by atoms with E-state index in [9.17, 15) is 9.59 Å². The molecule has 2 amide bonds. The Kier molecular flexibility index (Phi) is 5.97. The van der Waals surface area contributed by atoms with Crippen LogP contribution in [0.15, 0.2) is 64.9 Å². The number of nitrogens with zero attached hydrogens (tertiary/aromatic N) is 1. The maximum atomic E-state index is 12.7. The van der Waals surface area contributed by atoms with Crippen molar-refractivity contribution >= 4 is 17.5 Å². The molecule has 1 fully saturated rings. The maximum Gasteiger partial charge on any atom is 0.270 e. The van der Waals surface area contributed by atoms with Crippen LogP contribution in [0.3, 0.4) is 0 Å². The SMILES string of the molecule is COC1=CC=CC2=NC(=O)C=C(C(=O)NCCOc3ccccc3OCC3CC3)C12. The molecule has 0 radical (unpaired) electrons. The monoisotopic (exact) mass is 408 g/mol. The van der Waals surface area contributed by atoms with Crippen LogP contribution in [0.2, 0.25) is 0 Å². The highest BCUT2D eigenvalue weighted by Crippen LogP contribution is 2.33. The van der Waals surface area contributed by atoms with Gasteiger partial charge in [-0.05, 0) is 43.0 Å². The van der Waals surface area contributed by atoms with Crippen LogP contribution < -0.4 is 14.8 Å². The minimum absolute atomic E-state index is 0.273. The standard InChI is InChI=1S/C23H24N2O5/c1-28-20-8-4-5-17-22(20)16(13-21(26)25-17)23(27)24-11-12-29-18-6-2-3-7-19(18)30-14-15-9-10-15/h2-8,13,15,22H,9-12,14H2,1H3,(H,24,27). The van der Waals surface area contributed by atoms with Crippen molar-refractivity contribution in [1.82, 2.24) is 5.32 Å². The zero-order valence-electron chi connectivity index (χ0n) is 16.8. The smallest absolute Gasteiger partial charge is 0.270 e. The van der Waals surface area contributed by atoms with E-state index in [1.807, 2.05) is 24.3 Å². The first-order valence-corrected chi connectivity index (χ1v) is 10.0. The number of carbonyl (C=O) groups is 2. The van der Waals surface area contributed by atoms with Crippen LogP contribution in [0, 0.1) is 11.8 Å². The second-order valence-electron chi connectivity index (χ2n) is 7.35. The van der Waals surface area contributed by atoms with Crippen LogP contribution in [-0.2, 0) is 14.3 Å². The lowest BCUT2D eigenvalue weighted by Crippen LogP contribution is -2.37. The molecule has 0 aromatic heterocycles. The van der Waals surface area contributed by atoms with E-state index < -0.39 is 11.8 Å². The average molecular weight is 408 g/mol. The van der Waals surface area contributed by atoms with E-state index in [1.165, 1.54) is 26.0 Å². The molecule has 3 aliphatic rings. The minimum atomic E-state index is -0.477.